The van der Waals surface area contributed by atoms with Gasteiger partial charge in [0.1, 0.15) is 0 Å². The average molecular weight is 242 g/mol. The SMILES string of the molecule is O=C(CNN1CCCC1)N1CCCC1.O[B]O. The highest BCUT2D eigenvalue weighted by Gasteiger charge is 2.19. The summed E-state index contributed by atoms with van der Waals surface area (Å²) in [6.07, 6.45) is 4.86. The minimum absolute atomic E-state index is 0. The molecule has 17 heavy (non-hydrogen) atoms. The summed E-state index contributed by atoms with van der Waals surface area (Å²) in [6.45, 7) is 4.58. The number of carbonyl (C=O) groups is 1. The van der Waals surface area contributed by atoms with Crippen molar-refractivity contribution >= 4 is 13.6 Å². The molecule has 2 heterocycles. The van der Waals surface area contributed by atoms with Crippen LogP contribution in [0.3, 0.4) is 0 Å². The lowest BCUT2D eigenvalue weighted by atomic mass is 10.4. The molecule has 0 spiro atoms. The largest absolute Gasteiger partial charge is 0.482 e. The van der Waals surface area contributed by atoms with Gasteiger partial charge in [-0.25, -0.2) is 10.4 Å². The zero-order chi connectivity index (χ0) is 12.5. The van der Waals surface area contributed by atoms with Crippen LogP contribution in [-0.2, 0) is 4.79 Å². The van der Waals surface area contributed by atoms with Crippen molar-refractivity contribution in [3.8, 4) is 0 Å². The van der Waals surface area contributed by atoms with Gasteiger partial charge >= 0.3 is 7.69 Å². The van der Waals surface area contributed by atoms with Crippen LogP contribution in [0.15, 0.2) is 0 Å². The van der Waals surface area contributed by atoms with E-state index in [9.17, 15) is 4.79 Å². The Labute approximate surface area is 103 Å². The molecule has 0 aromatic heterocycles. The summed E-state index contributed by atoms with van der Waals surface area (Å²) in [5, 5.41) is 16.2. The molecule has 2 rings (SSSR count). The van der Waals surface area contributed by atoms with Crippen LogP contribution in [0, 0.1) is 0 Å². The van der Waals surface area contributed by atoms with Crippen molar-refractivity contribution in [2.75, 3.05) is 32.7 Å². The number of hydrazine groups is 1. The Morgan fingerprint density at radius 2 is 1.53 bits per heavy atom. The molecular formula is C10H21BN3O3. The summed E-state index contributed by atoms with van der Waals surface area (Å²) < 4.78 is 0. The predicted octanol–water partition coefficient (Wildman–Crippen LogP) is -1.29. The van der Waals surface area contributed by atoms with Gasteiger partial charge < -0.3 is 14.9 Å². The van der Waals surface area contributed by atoms with Crippen LogP contribution in [0.1, 0.15) is 25.7 Å². The molecule has 1 radical (unpaired) electrons. The fourth-order valence-electron chi connectivity index (χ4n) is 2.13. The first-order chi connectivity index (χ1) is 8.27. The number of likely N-dealkylation sites (tertiary alicyclic amines) is 1. The van der Waals surface area contributed by atoms with Crippen molar-refractivity contribution in [2.24, 2.45) is 0 Å². The van der Waals surface area contributed by atoms with E-state index in [0.29, 0.717) is 6.54 Å². The van der Waals surface area contributed by atoms with E-state index in [0.717, 1.165) is 26.2 Å². The van der Waals surface area contributed by atoms with Crippen LogP contribution in [0.5, 0.6) is 0 Å². The van der Waals surface area contributed by atoms with Gasteiger partial charge in [0.2, 0.25) is 5.91 Å². The van der Waals surface area contributed by atoms with E-state index in [4.69, 9.17) is 10.0 Å². The second kappa shape index (κ2) is 8.46. The molecule has 2 aliphatic rings. The fraction of sp³-hybridized carbons (Fsp3) is 0.900. The summed E-state index contributed by atoms with van der Waals surface area (Å²) in [7, 11) is 0. The molecule has 3 N–H and O–H groups in total. The Bertz CT molecular complexity index is 219. The Balaban J connectivity index is 0.000000437. The minimum atomic E-state index is 0. The van der Waals surface area contributed by atoms with E-state index in [-0.39, 0.29) is 13.6 Å². The topological polar surface area (TPSA) is 76.0 Å². The normalized spacial score (nSPS) is 20.0. The standard InChI is InChI=1S/C10H19N3O.BH2O2/c14-10(12-5-1-2-6-12)9-11-13-7-3-4-8-13;2-1-3/h11H,1-9H2;2-3H. The maximum Gasteiger partial charge on any atom is 0.482 e. The fourth-order valence-corrected chi connectivity index (χ4v) is 2.13. The van der Waals surface area contributed by atoms with Crippen molar-refractivity contribution in [2.45, 2.75) is 25.7 Å². The average Bonchev–Trinajstić information content (AvgIpc) is 3.00. The summed E-state index contributed by atoms with van der Waals surface area (Å²) in [5.74, 6) is 0.259. The maximum atomic E-state index is 11.6. The van der Waals surface area contributed by atoms with Gasteiger partial charge in [0.05, 0.1) is 6.54 Å². The van der Waals surface area contributed by atoms with E-state index in [1.54, 1.807) is 0 Å². The van der Waals surface area contributed by atoms with E-state index in [1.807, 2.05) is 4.90 Å². The number of hydrogen-bond donors (Lipinski definition) is 3. The summed E-state index contributed by atoms with van der Waals surface area (Å²) in [6, 6.07) is 0. The number of nitrogens with zero attached hydrogens (tertiary/aromatic N) is 2. The monoisotopic (exact) mass is 242 g/mol. The smallest absolute Gasteiger partial charge is 0.429 e. The lowest BCUT2D eigenvalue weighted by Gasteiger charge is -2.19. The first kappa shape index (κ1) is 14.4. The van der Waals surface area contributed by atoms with Gasteiger partial charge in [-0.1, -0.05) is 0 Å². The van der Waals surface area contributed by atoms with Crippen LogP contribution in [0.2, 0.25) is 0 Å². The molecule has 0 unspecified atom stereocenters. The number of rotatable bonds is 3. The third-order valence-corrected chi connectivity index (χ3v) is 3.02. The van der Waals surface area contributed by atoms with Gasteiger partial charge in [-0.2, -0.15) is 0 Å². The summed E-state index contributed by atoms with van der Waals surface area (Å²) >= 11 is 0. The molecule has 0 aromatic carbocycles. The van der Waals surface area contributed by atoms with Crippen LogP contribution >= 0.6 is 0 Å². The van der Waals surface area contributed by atoms with Crippen LogP contribution < -0.4 is 5.43 Å². The molecule has 1 amide bonds. The maximum absolute atomic E-state index is 11.6. The van der Waals surface area contributed by atoms with Crippen molar-refractivity contribution in [3.05, 3.63) is 0 Å². The van der Waals surface area contributed by atoms with Crippen molar-refractivity contribution in [1.29, 1.82) is 0 Å². The molecule has 0 aromatic rings. The summed E-state index contributed by atoms with van der Waals surface area (Å²) in [4.78, 5) is 13.6. The lowest BCUT2D eigenvalue weighted by molar-refractivity contribution is -0.130. The third-order valence-electron chi connectivity index (χ3n) is 3.02. The van der Waals surface area contributed by atoms with Gasteiger partial charge in [-0.05, 0) is 25.7 Å². The highest BCUT2D eigenvalue weighted by atomic mass is 16.4. The van der Waals surface area contributed by atoms with E-state index in [2.05, 4.69) is 10.4 Å². The molecule has 0 saturated carbocycles. The Kier molecular flexibility index (Phi) is 7.19. The molecule has 2 saturated heterocycles. The summed E-state index contributed by atoms with van der Waals surface area (Å²) in [5.41, 5.74) is 3.20. The van der Waals surface area contributed by atoms with Crippen LogP contribution in [0.4, 0.5) is 0 Å². The lowest BCUT2D eigenvalue weighted by Crippen LogP contribution is -2.43. The van der Waals surface area contributed by atoms with Crippen molar-refractivity contribution < 1.29 is 14.8 Å². The number of nitrogens with one attached hydrogen (secondary N) is 1. The van der Waals surface area contributed by atoms with Gasteiger partial charge in [0, 0.05) is 26.2 Å². The van der Waals surface area contributed by atoms with E-state index in [1.165, 1.54) is 25.7 Å². The minimum Gasteiger partial charge on any atom is -0.429 e. The molecule has 0 aliphatic carbocycles. The van der Waals surface area contributed by atoms with Gasteiger partial charge in [-0.15, -0.1) is 0 Å². The second-order valence-corrected chi connectivity index (χ2v) is 4.23. The van der Waals surface area contributed by atoms with Crippen molar-refractivity contribution in [3.63, 3.8) is 0 Å². The number of carbonyl (C=O) groups excluding carboxylic acids is 1. The zero-order valence-corrected chi connectivity index (χ0v) is 10.1. The molecular weight excluding hydrogens is 221 g/mol. The van der Waals surface area contributed by atoms with Crippen molar-refractivity contribution in [1.82, 2.24) is 15.3 Å². The quantitative estimate of drug-likeness (QED) is 0.537. The van der Waals surface area contributed by atoms with Gasteiger partial charge in [0.15, 0.2) is 0 Å². The molecule has 97 valence electrons. The third kappa shape index (κ3) is 5.49. The van der Waals surface area contributed by atoms with Gasteiger partial charge in [0.25, 0.3) is 0 Å². The Morgan fingerprint density at radius 3 is 2.06 bits per heavy atom. The zero-order valence-electron chi connectivity index (χ0n) is 10.1. The first-order valence-electron chi connectivity index (χ1n) is 6.14. The molecule has 0 bridgehead atoms. The van der Waals surface area contributed by atoms with Crippen LogP contribution in [-0.4, -0.2) is 66.3 Å². The molecule has 2 aliphatic heterocycles. The first-order valence-corrected chi connectivity index (χ1v) is 6.14. The highest BCUT2D eigenvalue weighted by Crippen LogP contribution is 2.07. The molecule has 0 atom stereocenters. The Hall–Kier alpha value is -0.625. The number of hydrogen-bond acceptors (Lipinski definition) is 5. The highest BCUT2D eigenvalue weighted by molar-refractivity contribution is 6.13. The molecule has 2 fully saturated rings. The Morgan fingerprint density at radius 1 is 1.06 bits per heavy atom. The molecule has 7 heteroatoms. The van der Waals surface area contributed by atoms with E-state index >= 15 is 0 Å². The van der Waals surface area contributed by atoms with E-state index < -0.39 is 0 Å². The second-order valence-electron chi connectivity index (χ2n) is 4.23. The molecule has 6 nitrogen and oxygen atoms in total. The van der Waals surface area contributed by atoms with Gasteiger partial charge in [-0.3, -0.25) is 4.79 Å². The predicted molar refractivity (Wildman–Crippen MR) is 64.8 cm³/mol. The number of amides is 1. The van der Waals surface area contributed by atoms with Crippen LogP contribution in [0.25, 0.3) is 0 Å².